The third-order valence-corrected chi connectivity index (χ3v) is 4.55. The van der Waals surface area contributed by atoms with E-state index >= 15 is 0 Å². The number of urea groups is 1. The van der Waals surface area contributed by atoms with E-state index in [9.17, 15) is 14.7 Å². The maximum absolute atomic E-state index is 12.7. The highest BCUT2D eigenvalue weighted by molar-refractivity contribution is 5.83. The van der Waals surface area contributed by atoms with E-state index in [4.69, 9.17) is 6.42 Å². The summed E-state index contributed by atoms with van der Waals surface area (Å²) in [6.45, 7) is 3.50. The van der Waals surface area contributed by atoms with Crippen LogP contribution in [0.4, 0.5) is 4.79 Å². The van der Waals surface area contributed by atoms with Crippen molar-refractivity contribution in [3.63, 3.8) is 0 Å². The van der Waals surface area contributed by atoms with Crippen LogP contribution in [0.15, 0.2) is 0 Å². The monoisotopic (exact) mass is 292 g/mol. The zero-order chi connectivity index (χ0) is 15.4. The van der Waals surface area contributed by atoms with Crippen molar-refractivity contribution in [3.05, 3.63) is 0 Å². The second-order valence-electron chi connectivity index (χ2n) is 6.16. The van der Waals surface area contributed by atoms with E-state index in [-0.39, 0.29) is 12.6 Å². The Balaban J connectivity index is 2.06. The van der Waals surface area contributed by atoms with Gasteiger partial charge in [0.15, 0.2) is 0 Å². The predicted octanol–water partition coefficient (Wildman–Crippen LogP) is 2.03. The summed E-state index contributed by atoms with van der Waals surface area (Å²) in [7, 11) is 0. The quantitative estimate of drug-likeness (QED) is 0.789. The highest BCUT2D eigenvalue weighted by Crippen LogP contribution is 2.31. The van der Waals surface area contributed by atoms with E-state index in [1.165, 1.54) is 4.90 Å². The number of carbonyl (C=O) groups is 2. The lowest BCUT2D eigenvalue weighted by Crippen LogP contribution is -2.55. The molecule has 1 heterocycles. The number of carboxylic acid groups (broad SMARTS) is 1. The summed E-state index contributed by atoms with van der Waals surface area (Å²) in [4.78, 5) is 27.3. The molecule has 0 radical (unpaired) electrons. The number of rotatable bonds is 5. The molecule has 0 bridgehead atoms. The van der Waals surface area contributed by atoms with Gasteiger partial charge in [-0.25, -0.2) is 9.59 Å². The number of carboxylic acids is 1. The van der Waals surface area contributed by atoms with Gasteiger partial charge in [0.05, 0.1) is 6.54 Å². The van der Waals surface area contributed by atoms with Crippen molar-refractivity contribution in [1.29, 1.82) is 0 Å². The number of aliphatic carboxylic acids is 1. The van der Waals surface area contributed by atoms with Crippen LogP contribution in [-0.2, 0) is 4.79 Å². The lowest BCUT2D eigenvalue weighted by molar-refractivity contribution is -0.144. The van der Waals surface area contributed by atoms with Gasteiger partial charge in [-0.1, -0.05) is 19.3 Å². The second kappa shape index (κ2) is 6.84. The SMILES string of the molecule is C#CCN(CC1CC1)C(=O)N1CCC(CC)CC1C(=O)O. The minimum absolute atomic E-state index is 0.207. The first kappa shape index (κ1) is 15.7. The van der Waals surface area contributed by atoms with Gasteiger partial charge in [-0.2, -0.15) is 0 Å². The number of nitrogens with zero attached hydrogens (tertiary/aromatic N) is 2. The maximum atomic E-state index is 12.7. The minimum atomic E-state index is -0.909. The molecule has 1 saturated carbocycles. The van der Waals surface area contributed by atoms with Crippen molar-refractivity contribution in [1.82, 2.24) is 9.80 Å². The molecule has 0 spiro atoms. The zero-order valence-corrected chi connectivity index (χ0v) is 12.6. The third kappa shape index (κ3) is 3.90. The summed E-state index contributed by atoms with van der Waals surface area (Å²) < 4.78 is 0. The molecule has 5 heteroatoms. The summed E-state index contributed by atoms with van der Waals surface area (Å²) in [6, 6.07) is -0.919. The van der Waals surface area contributed by atoms with Crippen LogP contribution in [0.25, 0.3) is 0 Å². The molecule has 21 heavy (non-hydrogen) atoms. The van der Waals surface area contributed by atoms with Gasteiger partial charge in [-0.05, 0) is 37.5 Å². The Hall–Kier alpha value is -1.70. The van der Waals surface area contributed by atoms with E-state index in [1.54, 1.807) is 4.90 Å². The fourth-order valence-electron chi connectivity index (χ4n) is 2.99. The van der Waals surface area contributed by atoms with Crippen LogP contribution in [0.5, 0.6) is 0 Å². The molecule has 1 aliphatic heterocycles. The summed E-state index contributed by atoms with van der Waals surface area (Å²) in [5.41, 5.74) is 0. The van der Waals surface area contributed by atoms with Crippen molar-refractivity contribution in [2.24, 2.45) is 11.8 Å². The van der Waals surface area contributed by atoms with Gasteiger partial charge in [-0.3, -0.25) is 0 Å². The number of terminal acetylenes is 1. The van der Waals surface area contributed by atoms with Crippen molar-refractivity contribution in [2.75, 3.05) is 19.6 Å². The molecule has 2 fully saturated rings. The number of piperidine rings is 1. The number of hydrogen-bond acceptors (Lipinski definition) is 2. The largest absolute Gasteiger partial charge is 0.480 e. The lowest BCUT2D eigenvalue weighted by Gasteiger charge is -2.39. The lowest BCUT2D eigenvalue weighted by atomic mass is 9.89. The highest BCUT2D eigenvalue weighted by atomic mass is 16.4. The first-order valence-electron chi connectivity index (χ1n) is 7.78. The molecule has 0 aromatic heterocycles. The van der Waals surface area contributed by atoms with E-state index in [1.807, 2.05) is 0 Å². The second-order valence-corrected chi connectivity index (χ2v) is 6.16. The van der Waals surface area contributed by atoms with Crippen LogP contribution < -0.4 is 0 Å². The summed E-state index contributed by atoms with van der Waals surface area (Å²) >= 11 is 0. The van der Waals surface area contributed by atoms with Gasteiger partial charge in [0.1, 0.15) is 6.04 Å². The van der Waals surface area contributed by atoms with Crippen molar-refractivity contribution in [3.8, 4) is 12.3 Å². The Morgan fingerprint density at radius 1 is 1.33 bits per heavy atom. The molecule has 2 unspecified atom stereocenters. The minimum Gasteiger partial charge on any atom is -0.480 e. The Labute approximate surface area is 126 Å². The predicted molar refractivity (Wildman–Crippen MR) is 79.7 cm³/mol. The average Bonchev–Trinajstić information content (AvgIpc) is 3.29. The van der Waals surface area contributed by atoms with Gasteiger partial charge in [-0.15, -0.1) is 6.42 Å². The Morgan fingerprint density at radius 2 is 2.05 bits per heavy atom. The molecule has 2 atom stereocenters. The molecule has 2 rings (SSSR count). The molecule has 1 saturated heterocycles. The normalized spacial score (nSPS) is 25.2. The number of likely N-dealkylation sites (tertiary alicyclic amines) is 1. The van der Waals surface area contributed by atoms with Gasteiger partial charge in [0.2, 0.25) is 0 Å². The molecular weight excluding hydrogens is 268 g/mol. The van der Waals surface area contributed by atoms with Crippen molar-refractivity contribution < 1.29 is 14.7 Å². The van der Waals surface area contributed by atoms with Crippen LogP contribution in [0.3, 0.4) is 0 Å². The van der Waals surface area contributed by atoms with Crippen LogP contribution in [0, 0.1) is 24.2 Å². The third-order valence-electron chi connectivity index (χ3n) is 4.55. The van der Waals surface area contributed by atoms with Crippen LogP contribution in [0.2, 0.25) is 0 Å². The Kier molecular flexibility index (Phi) is 5.11. The molecule has 1 aliphatic carbocycles. The van der Waals surface area contributed by atoms with E-state index in [0.717, 1.165) is 25.7 Å². The molecule has 0 aromatic rings. The fraction of sp³-hybridized carbons (Fsp3) is 0.750. The van der Waals surface area contributed by atoms with Gasteiger partial charge in [0, 0.05) is 13.1 Å². The molecule has 0 aromatic carbocycles. The number of hydrogen-bond donors (Lipinski definition) is 1. The zero-order valence-electron chi connectivity index (χ0n) is 12.6. The fourth-order valence-corrected chi connectivity index (χ4v) is 2.99. The summed E-state index contributed by atoms with van der Waals surface area (Å²) in [5.74, 6) is 2.54. The first-order valence-corrected chi connectivity index (χ1v) is 7.78. The Bertz CT molecular complexity index is 439. The number of carbonyl (C=O) groups excluding carboxylic acids is 1. The van der Waals surface area contributed by atoms with Gasteiger partial charge in [0.25, 0.3) is 0 Å². The summed E-state index contributed by atoms with van der Waals surface area (Å²) in [6.07, 6.45) is 10.0. The molecule has 2 amide bonds. The first-order chi connectivity index (χ1) is 10.1. The Morgan fingerprint density at radius 3 is 2.57 bits per heavy atom. The molecule has 1 N–H and O–H groups in total. The smallest absolute Gasteiger partial charge is 0.326 e. The highest BCUT2D eigenvalue weighted by Gasteiger charge is 2.38. The van der Waals surface area contributed by atoms with E-state index in [2.05, 4.69) is 12.8 Å². The van der Waals surface area contributed by atoms with E-state index < -0.39 is 12.0 Å². The van der Waals surface area contributed by atoms with Crippen molar-refractivity contribution >= 4 is 12.0 Å². The van der Waals surface area contributed by atoms with Crippen LogP contribution in [-0.4, -0.2) is 52.6 Å². The molecule has 5 nitrogen and oxygen atoms in total. The topological polar surface area (TPSA) is 60.9 Å². The average molecular weight is 292 g/mol. The summed E-state index contributed by atoms with van der Waals surface area (Å²) in [5, 5.41) is 9.42. The molecule has 2 aliphatic rings. The maximum Gasteiger partial charge on any atom is 0.326 e. The van der Waals surface area contributed by atoms with E-state index in [0.29, 0.717) is 31.3 Å². The number of amides is 2. The van der Waals surface area contributed by atoms with Crippen LogP contribution >= 0.6 is 0 Å². The van der Waals surface area contributed by atoms with Gasteiger partial charge >= 0.3 is 12.0 Å². The standard InChI is InChI=1S/C16H24N2O3/c1-3-8-17(11-13-5-6-13)16(21)18-9-7-12(4-2)10-14(18)15(19)20/h1,12-14H,4-11H2,2H3,(H,19,20). The molecule has 116 valence electrons. The molecular formula is C16H24N2O3. The van der Waals surface area contributed by atoms with Crippen LogP contribution in [0.1, 0.15) is 39.0 Å². The van der Waals surface area contributed by atoms with Gasteiger partial charge < -0.3 is 14.9 Å². The van der Waals surface area contributed by atoms with Crippen molar-refractivity contribution in [2.45, 2.75) is 45.1 Å².